The highest BCUT2D eigenvalue weighted by Crippen LogP contribution is 2.16. The molecule has 78 valence electrons. The van der Waals surface area contributed by atoms with E-state index in [9.17, 15) is 0 Å². The van der Waals surface area contributed by atoms with E-state index in [1.807, 2.05) is 13.8 Å². The van der Waals surface area contributed by atoms with Gasteiger partial charge in [-0.3, -0.25) is 0 Å². The van der Waals surface area contributed by atoms with Gasteiger partial charge in [-0.1, -0.05) is 0 Å². The summed E-state index contributed by atoms with van der Waals surface area (Å²) in [5, 5.41) is 19.6. The summed E-state index contributed by atoms with van der Waals surface area (Å²) in [6, 6.07) is 0. The van der Waals surface area contributed by atoms with Crippen molar-refractivity contribution in [1.82, 2.24) is 10.2 Å². The predicted octanol–water partition coefficient (Wildman–Crippen LogP) is -0.0437. The number of aryl methyl sites for hydroxylation is 1. The van der Waals surface area contributed by atoms with Crippen LogP contribution in [0.15, 0.2) is 0 Å². The van der Waals surface area contributed by atoms with Crippen LogP contribution in [0.25, 0.3) is 0 Å². The van der Waals surface area contributed by atoms with Crippen LogP contribution >= 0.6 is 0 Å². The van der Waals surface area contributed by atoms with E-state index in [1.54, 1.807) is 0 Å². The van der Waals surface area contributed by atoms with E-state index >= 15 is 0 Å². The summed E-state index contributed by atoms with van der Waals surface area (Å²) in [7, 11) is 0. The first-order valence-corrected chi connectivity index (χ1v) is 4.58. The molecule has 0 atom stereocenters. The van der Waals surface area contributed by atoms with Crippen LogP contribution in [-0.4, -0.2) is 28.5 Å². The smallest absolute Gasteiger partial charge is 0.153 e. The summed E-state index contributed by atoms with van der Waals surface area (Å²) in [6.07, 6.45) is 0. The van der Waals surface area contributed by atoms with E-state index in [0.29, 0.717) is 18.9 Å². The van der Waals surface area contributed by atoms with Crippen LogP contribution in [0.2, 0.25) is 0 Å². The minimum Gasteiger partial charge on any atom is -0.395 e. The second kappa shape index (κ2) is 4.88. The van der Waals surface area contributed by atoms with Gasteiger partial charge in [-0.15, -0.1) is 5.10 Å². The van der Waals surface area contributed by atoms with Crippen LogP contribution in [0.4, 0.5) is 5.82 Å². The third-order valence-corrected chi connectivity index (χ3v) is 2.19. The molecule has 1 aromatic heterocycles. The highest BCUT2D eigenvalue weighted by atomic mass is 16.3. The van der Waals surface area contributed by atoms with Crippen LogP contribution < -0.4 is 11.1 Å². The lowest BCUT2D eigenvalue weighted by molar-refractivity contribution is 0.311. The summed E-state index contributed by atoms with van der Waals surface area (Å²) in [6.45, 7) is 4.83. The zero-order chi connectivity index (χ0) is 10.6. The van der Waals surface area contributed by atoms with E-state index in [-0.39, 0.29) is 6.61 Å². The maximum atomic E-state index is 8.67. The normalized spacial score (nSPS) is 10.3. The minimum atomic E-state index is 0.0681. The molecule has 0 aromatic carbocycles. The standard InChI is InChI=1S/C9H16N4O/c1-6-7(2)12-13-9(8(6)5-10)11-3-4-14/h14H,3-5,10H2,1-2H3,(H,11,13). The molecule has 4 N–H and O–H groups in total. The number of hydrogen-bond donors (Lipinski definition) is 3. The molecule has 1 aromatic rings. The monoisotopic (exact) mass is 196 g/mol. The Hall–Kier alpha value is -1.20. The van der Waals surface area contributed by atoms with Gasteiger partial charge in [0.25, 0.3) is 0 Å². The van der Waals surface area contributed by atoms with Gasteiger partial charge in [0.15, 0.2) is 5.82 Å². The van der Waals surface area contributed by atoms with Gasteiger partial charge in [-0.25, -0.2) is 0 Å². The Labute approximate surface area is 83.3 Å². The fourth-order valence-corrected chi connectivity index (χ4v) is 1.22. The number of rotatable bonds is 4. The molecule has 0 spiro atoms. The van der Waals surface area contributed by atoms with Crippen LogP contribution in [-0.2, 0) is 6.54 Å². The molecular formula is C9H16N4O. The van der Waals surface area contributed by atoms with Gasteiger partial charge in [0.1, 0.15) is 0 Å². The first-order valence-electron chi connectivity index (χ1n) is 4.58. The molecule has 14 heavy (non-hydrogen) atoms. The van der Waals surface area contributed by atoms with Crippen molar-refractivity contribution in [2.75, 3.05) is 18.5 Å². The van der Waals surface area contributed by atoms with Gasteiger partial charge in [0, 0.05) is 18.7 Å². The summed E-state index contributed by atoms with van der Waals surface area (Å²) >= 11 is 0. The molecule has 0 fully saturated rings. The third-order valence-electron chi connectivity index (χ3n) is 2.19. The number of hydrogen-bond acceptors (Lipinski definition) is 5. The van der Waals surface area contributed by atoms with Gasteiger partial charge in [-0.2, -0.15) is 5.10 Å². The molecule has 0 aliphatic rings. The molecule has 5 nitrogen and oxygen atoms in total. The van der Waals surface area contributed by atoms with Crippen molar-refractivity contribution in [2.24, 2.45) is 5.73 Å². The fourth-order valence-electron chi connectivity index (χ4n) is 1.22. The summed E-state index contributed by atoms with van der Waals surface area (Å²) < 4.78 is 0. The molecule has 0 aliphatic carbocycles. The zero-order valence-electron chi connectivity index (χ0n) is 8.54. The highest BCUT2D eigenvalue weighted by molar-refractivity contribution is 5.48. The van der Waals surface area contributed by atoms with Crippen molar-refractivity contribution in [2.45, 2.75) is 20.4 Å². The van der Waals surface area contributed by atoms with Crippen molar-refractivity contribution in [3.8, 4) is 0 Å². The van der Waals surface area contributed by atoms with Crippen molar-refractivity contribution in [3.63, 3.8) is 0 Å². The molecule has 0 amide bonds. The molecule has 0 radical (unpaired) electrons. The van der Waals surface area contributed by atoms with E-state index in [0.717, 1.165) is 16.8 Å². The van der Waals surface area contributed by atoms with E-state index in [4.69, 9.17) is 10.8 Å². The molecule has 0 saturated heterocycles. The van der Waals surface area contributed by atoms with Crippen LogP contribution in [0.3, 0.4) is 0 Å². The largest absolute Gasteiger partial charge is 0.395 e. The Morgan fingerprint density at radius 2 is 2.07 bits per heavy atom. The number of anilines is 1. The Balaban J connectivity index is 2.98. The lowest BCUT2D eigenvalue weighted by Gasteiger charge is -2.11. The van der Waals surface area contributed by atoms with Gasteiger partial charge in [0.2, 0.25) is 0 Å². The molecule has 0 unspecified atom stereocenters. The third kappa shape index (κ3) is 2.18. The van der Waals surface area contributed by atoms with E-state index in [2.05, 4.69) is 15.5 Å². The second-order valence-corrected chi connectivity index (χ2v) is 3.09. The maximum absolute atomic E-state index is 8.67. The number of aromatic nitrogens is 2. The topological polar surface area (TPSA) is 84.1 Å². The average molecular weight is 196 g/mol. The summed E-state index contributed by atoms with van der Waals surface area (Å²) in [4.78, 5) is 0. The van der Waals surface area contributed by atoms with E-state index < -0.39 is 0 Å². The van der Waals surface area contributed by atoms with Gasteiger partial charge in [0.05, 0.1) is 12.3 Å². The molecule has 0 saturated carbocycles. The van der Waals surface area contributed by atoms with Crippen LogP contribution in [0.1, 0.15) is 16.8 Å². The van der Waals surface area contributed by atoms with Gasteiger partial charge >= 0.3 is 0 Å². The second-order valence-electron chi connectivity index (χ2n) is 3.09. The summed E-state index contributed by atoms with van der Waals surface area (Å²) in [5.41, 5.74) is 8.53. The fraction of sp³-hybridized carbons (Fsp3) is 0.556. The first-order chi connectivity index (χ1) is 6.70. The molecule has 5 heteroatoms. The molecule has 1 heterocycles. The number of aliphatic hydroxyl groups excluding tert-OH is 1. The van der Waals surface area contributed by atoms with Crippen molar-refractivity contribution in [3.05, 3.63) is 16.8 Å². The average Bonchev–Trinajstić information content (AvgIpc) is 2.20. The van der Waals surface area contributed by atoms with Crippen molar-refractivity contribution < 1.29 is 5.11 Å². The van der Waals surface area contributed by atoms with Crippen LogP contribution in [0.5, 0.6) is 0 Å². The Morgan fingerprint density at radius 3 is 2.64 bits per heavy atom. The lowest BCUT2D eigenvalue weighted by Crippen LogP contribution is -2.14. The minimum absolute atomic E-state index is 0.0681. The zero-order valence-corrected chi connectivity index (χ0v) is 8.54. The van der Waals surface area contributed by atoms with Crippen LogP contribution in [0, 0.1) is 13.8 Å². The lowest BCUT2D eigenvalue weighted by atomic mass is 10.1. The molecule has 0 bridgehead atoms. The number of nitrogens with two attached hydrogens (primary N) is 1. The quantitative estimate of drug-likeness (QED) is 0.629. The first kappa shape index (κ1) is 10.9. The Morgan fingerprint density at radius 1 is 1.36 bits per heavy atom. The van der Waals surface area contributed by atoms with Gasteiger partial charge in [-0.05, 0) is 19.4 Å². The van der Waals surface area contributed by atoms with Crippen molar-refractivity contribution >= 4 is 5.82 Å². The predicted molar refractivity (Wildman–Crippen MR) is 55.0 cm³/mol. The van der Waals surface area contributed by atoms with Gasteiger partial charge < -0.3 is 16.2 Å². The Kier molecular flexibility index (Phi) is 3.79. The number of nitrogens with zero attached hydrogens (tertiary/aromatic N) is 2. The SMILES string of the molecule is Cc1nnc(NCCO)c(CN)c1C. The summed E-state index contributed by atoms with van der Waals surface area (Å²) in [5.74, 6) is 0.671. The molecular weight excluding hydrogens is 180 g/mol. The number of nitrogens with one attached hydrogen (secondary N) is 1. The Bertz CT molecular complexity index is 314. The maximum Gasteiger partial charge on any atom is 0.153 e. The number of aliphatic hydroxyl groups is 1. The molecule has 1 rings (SSSR count). The van der Waals surface area contributed by atoms with E-state index in [1.165, 1.54) is 0 Å². The highest BCUT2D eigenvalue weighted by Gasteiger charge is 2.08. The molecule has 0 aliphatic heterocycles. The van der Waals surface area contributed by atoms with Crippen molar-refractivity contribution in [1.29, 1.82) is 0 Å².